The van der Waals surface area contributed by atoms with Crippen LogP contribution in [0.1, 0.15) is 21.6 Å². The fraction of sp³-hybridized carbons (Fsp3) is 0.105. The number of nitrogens with zero attached hydrogens (tertiary/aromatic N) is 4. The maximum absolute atomic E-state index is 12.7. The van der Waals surface area contributed by atoms with Crippen LogP contribution >= 0.6 is 11.3 Å². The van der Waals surface area contributed by atoms with Gasteiger partial charge in [0.2, 0.25) is 0 Å². The van der Waals surface area contributed by atoms with Crippen molar-refractivity contribution in [3.8, 4) is 22.7 Å². The molecule has 0 spiro atoms. The van der Waals surface area contributed by atoms with E-state index in [4.69, 9.17) is 4.52 Å². The van der Waals surface area contributed by atoms with Gasteiger partial charge in [-0.05, 0) is 30.7 Å². The summed E-state index contributed by atoms with van der Waals surface area (Å²) in [6.07, 6.45) is -0.749. The van der Waals surface area contributed by atoms with Crippen LogP contribution in [0.4, 0.5) is 18.3 Å². The van der Waals surface area contributed by atoms with Gasteiger partial charge in [0.05, 0.1) is 11.9 Å². The van der Waals surface area contributed by atoms with Crippen molar-refractivity contribution in [2.24, 2.45) is 0 Å². The van der Waals surface area contributed by atoms with Crippen molar-refractivity contribution in [3.05, 3.63) is 65.1 Å². The van der Waals surface area contributed by atoms with Crippen molar-refractivity contribution in [2.45, 2.75) is 13.1 Å². The van der Waals surface area contributed by atoms with E-state index in [9.17, 15) is 18.0 Å². The lowest BCUT2D eigenvalue weighted by molar-refractivity contribution is -0.141. The molecule has 1 amide bonds. The van der Waals surface area contributed by atoms with Gasteiger partial charge in [-0.15, -0.1) is 11.3 Å². The Morgan fingerprint density at radius 3 is 2.70 bits per heavy atom. The zero-order valence-corrected chi connectivity index (χ0v) is 16.1. The molecule has 0 saturated carbocycles. The number of halogens is 3. The van der Waals surface area contributed by atoms with Crippen LogP contribution in [0, 0.1) is 6.92 Å². The summed E-state index contributed by atoms with van der Waals surface area (Å²) in [6, 6.07) is 5.69. The molecule has 0 bridgehead atoms. The Balaban J connectivity index is 1.55. The molecule has 1 N–H and O–H groups in total. The van der Waals surface area contributed by atoms with Crippen molar-refractivity contribution < 1.29 is 22.5 Å². The van der Waals surface area contributed by atoms with Gasteiger partial charge in [0, 0.05) is 23.3 Å². The highest BCUT2D eigenvalue weighted by atomic mass is 32.1. The van der Waals surface area contributed by atoms with Gasteiger partial charge < -0.3 is 4.52 Å². The molecular weight excluding hydrogens is 419 g/mol. The second kappa shape index (κ2) is 7.67. The SMILES string of the molecule is Cc1cccnc1-c1csc(NC(=O)c2cnoc2-c2ccc(C(F)(F)F)nc2)n1. The Labute approximate surface area is 171 Å². The normalized spacial score (nSPS) is 11.5. The minimum atomic E-state index is -4.56. The fourth-order valence-corrected chi connectivity index (χ4v) is 3.35. The first-order valence-electron chi connectivity index (χ1n) is 8.50. The van der Waals surface area contributed by atoms with E-state index in [1.54, 1.807) is 11.6 Å². The van der Waals surface area contributed by atoms with Crippen LogP contribution in [0.3, 0.4) is 0 Å². The zero-order chi connectivity index (χ0) is 21.3. The molecule has 4 heterocycles. The number of carbonyl (C=O) groups is 1. The summed E-state index contributed by atoms with van der Waals surface area (Å²) in [5.74, 6) is -0.559. The molecule has 0 aliphatic rings. The van der Waals surface area contributed by atoms with E-state index >= 15 is 0 Å². The number of alkyl halides is 3. The maximum Gasteiger partial charge on any atom is 0.433 e. The fourth-order valence-electron chi connectivity index (χ4n) is 2.66. The monoisotopic (exact) mass is 431 g/mol. The van der Waals surface area contributed by atoms with Crippen molar-refractivity contribution in [3.63, 3.8) is 0 Å². The van der Waals surface area contributed by atoms with E-state index in [1.165, 1.54) is 23.6 Å². The molecule has 30 heavy (non-hydrogen) atoms. The molecule has 11 heteroatoms. The summed E-state index contributed by atoms with van der Waals surface area (Å²) in [7, 11) is 0. The predicted octanol–water partition coefficient (Wildman–Crippen LogP) is 4.83. The third kappa shape index (κ3) is 3.92. The molecule has 0 fully saturated rings. The molecule has 0 aliphatic heterocycles. The van der Waals surface area contributed by atoms with Crippen LogP contribution in [-0.2, 0) is 6.18 Å². The minimum Gasteiger partial charge on any atom is -0.355 e. The first kappa shape index (κ1) is 19.7. The van der Waals surface area contributed by atoms with Gasteiger partial charge in [0.15, 0.2) is 10.9 Å². The number of carbonyl (C=O) groups excluding carboxylic acids is 1. The topological polar surface area (TPSA) is 93.8 Å². The Hall–Kier alpha value is -3.60. The minimum absolute atomic E-state index is 0.00562. The van der Waals surface area contributed by atoms with Crippen LogP contribution < -0.4 is 5.32 Å². The predicted molar refractivity (Wildman–Crippen MR) is 103 cm³/mol. The van der Waals surface area contributed by atoms with Crippen LogP contribution in [0.25, 0.3) is 22.7 Å². The van der Waals surface area contributed by atoms with Crippen molar-refractivity contribution >= 4 is 22.4 Å². The molecule has 0 saturated heterocycles. The highest BCUT2D eigenvalue weighted by Crippen LogP contribution is 2.31. The molecule has 4 aromatic heterocycles. The van der Waals surface area contributed by atoms with Gasteiger partial charge in [-0.1, -0.05) is 11.2 Å². The number of aromatic nitrogens is 4. The summed E-state index contributed by atoms with van der Waals surface area (Å²) in [4.78, 5) is 24.7. The average molecular weight is 431 g/mol. The quantitative estimate of drug-likeness (QED) is 0.497. The number of amides is 1. The van der Waals surface area contributed by atoms with Crippen molar-refractivity contribution in [1.82, 2.24) is 20.1 Å². The molecule has 0 radical (unpaired) electrons. The third-order valence-corrected chi connectivity index (χ3v) is 4.87. The summed E-state index contributed by atoms with van der Waals surface area (Å²) < 4.78 is 43.1. The lowest BCUT2D eigenvalue weighted by Crippen LogP contribution is -2.12. The Morgan fingerprint density at radius 1 is 1.17 bits per heavy atom. The number of hydrogen-bond acceptors (Lipinski definition) is 7. The van der Waals surface area contributed by atoms with E-state index in [1.807, 2.05) is 19.1 Å². The molecule has 152 valence electrons. The van der Waals surface area contributed by atoms with Crippen LogP contribution in [0.2, 0.25) is 0 Å². The Bertz CT molecular complexity index is 1200. The molecule has 0 aromatic carbocycles. The van der Waals surface area contributed by atoms with Gasteiger partial charge in [-0.3, -0.25) is 20.1 Å². The summed E-state index contributed by atoms with van der Waals surface area (Å²) in [5, 5.41) is 8.32. The maximum atomic E-state index is 12.7. The summed E-state index contributed by atoms with van der Waals surface area (Å²) >= 11 is 1.21. The number of anilines is 1. The second-order valence-corrected chi connectivity index (χ2v) is 7.02. The first-order valence-corrected chi connectivity index (χ1v) is 9.38. The average Bonchev–Trinajstić information content (AvgIpc) is 3.37. The number of hydrogen-bond donors (Lipinski definition) is 1. The molecule has 4 rings (SSSR count). The van der Waals surface area contributed by atoms with Gasteiger partial charge in [-0.25, -0.2) is 4.98 Å². The summed E-state index contributed by atoms with van der Waals surface area (Å²) in [6.45, 7) is 1.90. The van der Waals surface area contributed by atoms with Crippen LogP contribution in [0.15, 0.2) is 52.8 Å². The Kier molecular flexibility index (Phi) is 5.04. The molecule has 0 atom stereocenters. The Morgan fingerprint density at radius 2 is 2.00 bits per heavy atom. The zero-order valence-electron chi connectivity index (χ0n) is 15.3. The van der Waals surface area contributed by atoms with Gasteiger partial charge in [0.1, 0.15) is 17.0 Å². The van der Waals surface area contributed by atoms with E-state index < -0.39 is 17.8 Å². The number of rotatable bonds is 4. The van der Waals surface area contributed by atoms with Gasteiger partial charge in [-0.2, -0.15) is 13.2 Å². The second-order valence-electron chi connectivity index (χ2n) is 6.16. The molecular formula is C19H12F3N5O2S. The standard InChI is InChI=1S/C19H12F3N5O2S/c1-10-3-2-6-23-15(10)13-9-30-18(26-13)27-17(28)12-8-25-29-16(12)11-4-5-14(24-7-11)19(20,21)22/h2-9H,1H3,(H,26,27,28). The highest BCUT2D eigenvalue weighted by molar-refractivity contribution is 7.14. The lowest BCUT2D eigenvalue weighted by atomic mass is 10.1. The van der Waals surface area contributed by atoms with Crippen molar-refractivity contribution in [2.75, 3.05) is 5.32 Å². The molecule has 4 aromatic rings. The summed E-state index contributed by atoms with van der Waals surface area (Å²) in [5.41, 5.74) is 1.45. The van der Waals surface area contributed by atoms with Crippen LogP contribution in [0.5, 0.6) is 0 Å². The van der Waals surface area contributed by atoms with Crippen LogP contribution in [-0.4, -0.2) is 26.0 Å². The number of nitrogens with one attached hydrogen (secondary N) is 1. The first-order chi connectivity index (χ1) is 14.3. The van der Waals surface area contributed by atoms with E-state index in [-0.39, 0.29) is 16.9 Å². The third-order valence-electron chi connectivity index (χ3n) is 4.11. The van der Waals surface area contributed by atoms with E-state index in [0.29, 0.717) is 16.5 Å². The number of pyridine rings is 2. The molecule has 0 unspecified atom stereocenters. The lowest BCUT2D eigenvalue weighted by Gasteiger charge is -2.06. The highest BCUT2D eigenvalue weighted by Gasteiger charge is 2.32. The number of thiazole rings is 1. The van der Waals surface area contributed by atoms with E-state index in [0.717, 1.165) is 17.8 Å². The smallest absolute Gasteiger partial charge is 0.355 e. The number of aryl methyl sites for hydroxylation is 1. The molecule has 0 aliphatic carbocycles. The molecule has 7 nitrogen and oxygen atoms in total. The largest absolute Gasteiger partial charge is 0.433 e. The van der Waals surface area contributed by atoms with Gasteiger partial charge >= 0.3 is 6.18 Å². The van der Waals surface area contributed by atoms with Gasteiger partial charge in [0.25, 0.3) is 5.91 Å². The van der Waals surface area contributed by atoms with E-state index in [2.05, 4.69) is 25.4 Å². The van der Waals surface area contributed by atoms with Crippen molar-refractivity contribution in [1.29, 1.82) is 0 Å².